The first-order valence-electron chi connectivity index (χ1n) is 8.90. The first-order valence-corrected chi connectivity index (χ1v) is 9.89. The summed E-state index contributed by atoms with van der Waals surface area (Å²) < 4.78 is 24.8. The zero-order valence-electron chi connectivity index (χ0n) is 16.2. The summed E-state index contributed by atoms with van der Waals surface area (Å²) in [5.41, 5.74) is 1.89. The van der Waals surface area contributed by atoms with E-state index in [1.807, 2.05) is 6.07 Å². The molecule has 1 aliphatic rings. The minimum atomic E-state index is -0.611. The minimum Gasteiger partial charge on any atom is -0.497 e. The van der Waals surface area contributed by atoms with Crippen LogP contribution in [-0.2, 0) is 4.79 Å². The van der Waals surface area contributed by atoms with E-state index in [-0.39, 0.29) is 17.7 Å². The fraction of sp³-hybridized carbons (Fsp3) is 0.150. The molecular weight excluding hydrogens is 409 g/mol. The van der Waals surface area contributed by atoms with Crippen molar-refractivity contribution in [3.05, 3.63) is 48.4 Å². The Bertz CT molecular complexity index is 1090. The number of carbonyl (C=O) groups excluding carboxylic acids is 1. The Morgan fingerprint density at radius 1 is 1.07 bits per heavy atom. The smallest absolute Gasteiger partial charge is 0.234 e. The van der Waals surface area contributed by atoms with Gasteiger partial charge in [0.15, 0.2) is 11.6 Å². The lowest BCUT2D eigenvalue weighted by Gasteiger charge is -2.17. The molecule has 154 valence electrons. The maximum Gasteiger partial charge on any atom is 0.234 e. The van der Waals surface area contributed by atoms with Crippen molar-refractivity contribution in [2.45, 2.75) is 4.90 Å². The Kier molecular flexibility index (Phi) is 5.57. The lowest BCUT2D eigenvalue weighted by Crippen LogP contribution is -2.18. The van der Waals surface area contributed by atoms with E-state index < -0.39 is 5.82 Å². The van der Waals surface area contributed by atoms with Crippen LogP contribution in [0.3, 0.4) is 0 Å². The standard InChI is InChI=1S/C20H18FN5O3S/c1-28-13-5-12(6-14(8-13)29-2)24-20-22-9-15(21)19(26-20)23-11-3-4-17-16(7-11)25-18(27)10-30-17/h3-9H,10H2,1-2H3,(H,25,27)(H2,22,23,24,26). The van der Waals surface area contributed by atoms with Crippen molar-refractivity contribution in [2.24, 2.45) is 0 Å². The highest BCUT2D eigenvalue weighted by molar-refractivity contribution is 8.00. The molecule has 0 spiro atoms. The fourth-order valence-electron chi connectivity index (χ4n) is 2.82. The summed E-state index contributed by atoms with van der Waals surface area (Å²) in [6, 6.07) is 10.6. The quantitative estimate of drug-likeness (QED) is 0.539. The van der Waals surface area contributed by atoms with Crippen molar-refractivity contribution in [1.82, 2.24) is 9.97 Å². The van der Waals surface area contributed by atoms with E-state index in [0.717, 1.165) is 11.1 Å². The third kappa shape index (κ3) is 4.38. The zero-order chi connectivity index (χ0) is 21.1. The Morgan fingerprint density at radius 3 is 2.57 bits per heavy atom. The number of aromatic nitrogens is 2. The molecule has 8 nitrogen and oxygen atoms in total. The summed E-state index contributed by atoms with van der Waals surface area (Å²) in [6.45, 7) is 0. The van der Waals surface area contributed by atoms with Gasteiger partial charge in [0.05, 0.1) is 31.9 Å². The maximum absolute atomic E-state index is 14.3. The molecule has 3 aromatic rings. The first kappa shape index (κ1) is 19.8. The van der Waals surface area contributed by atoms with Crippen LogP contribution >= 0.6 is 11.8 Å². The molecule has 0 aliphatic carbocycles. The molecule has 1 aliphatic heterocycles. The van der Waals surface area contributed by atoms with E-state index >= 15 is 0 Å². The summed E-state index contributed by atoms with van der Waals surface area (Å²) in [6.07, 6.45) is 1.07. The number of rotatable bonds is 6. The van der Waals surface area contributed by atoms with E-state index in [4.69, 9.17) is 9.47 Å². The van der Waals surface area contributed by atoms with Gasteiger partial charge in [-0.1, -0.05) is 0 Å². The van der Waals surface area contributed by atoms with Crippen LogP contribution in [0.25, 0.3) is 0 Å². The Labute approximate surface area is 176 Å². The number of nitrogens with zero attached hydrogens (tertiary/aromatic N) is 2. The highest BCUT2D eigenvalue weighted by Gasteiger charge is 2.16. The average molecular weight is 427 g/mol. The predicted octanol–water partition coefficient (Wildman–Crippen LogP) is 4.16. The molecule has 0 atom stereocenters. The summed E-state index contributed by atoms with van der Waals surface area (Å²) in [4.78, 5) is 20.8. The van der Waals surface area contributed by atoms with Crippen LogP contribution in [-0.4, -0.2) is 35.8 Å². The molecular formula is C20H18FN5O3S. The van der Waals surface area contributed by atoms with E-state index in [2.05, 4.69) is 25.9 Å². The predicted molar refractivity (Wildman–Crippen MR) is 114 cm³/mol. The van der Waals surface area contributed by atoms with Crippen LogP contribution in [0.4, 0.5) is 33.2 Å². The van der Waals surface area contributed by atoms with Crippen LogP contribution in [0.15, 0.2) is 47.5 Å². The van der Waals surface area contributed by atoms with Gasteiger partial charge in [-0.25, -0.2) is 9.37 Å². The molecule has 3 N–H and O–H groups in total. The molecule has 30 heavy (non-hydrogen) atoms. The molecule has 10 heteroatoms. The number of carbonyl (C=O) groups is 1. The molecule has 0 fully saturated rings. The number of nitrogens with one attached hydrogen (secondary N) is 3. The fourth-order valence-corrected chi connectivity index (χ4v) is 3.61. The second-order valence-corrected chi connectivity index (χ2v) is 7.31. The highest BCUT2D eigenvalue weighted by Crippen LogP contribution is 2.34. The van der Waals surface area contributed by atoms with Crippen molar-refractivity contribution in [3.8, 4) is 11.5 Å². The molecule has 0 saturated heterocycles. The molecule has 1 amide bonds. The Hall–Kier alpha value is -3.53. The van der Waals surface area contributed by atoms with Gasteiger partial charge < -0.3 is 25.4 Å². The van der Waals surface area contributed by atoms with Gasteiger partial charge in [0.1, 0.15) is 11.5 Å². The van der Waals surface area contributed by atoms with Gasteiger partial charge in [-0.3, -0.25) is 4.79 Å². The number of hydrogen-bond acceptors (Lipinski definition) is 8. The summed E-state index contributed by atoms with van der Waals surface area (Å²) >= 11 is 1.45. The molecule has 0 radical (unpaired) electrons. The van der Waals surface area contributed by atoms with Crippen LogP contribution in [0.1, 0.15) is 0 Å². The van der Waals surface area contributed by atoms with E-state index in [0.29, 0.717) is 34.3 Å². The van der Waals surface area contributed by atoms with Gasteiger partial charge in [-0.2, -0.15) is 4.98 Å². The number of methoxy groups -OCH3 is 2. The normalized spacial score (nSPS) is 12.6. The first-order chi connectivity index (χ1) is 14.5. The van der Waals surface area contributed by atoms with Gasteiger partial charge in [-0.15, -0.1) is 11.8 Å². The summed E-state index contributed by atoms with van der Waals surface area (Å²) in [5, 5.41) is 8.75. The topological polar surface area (TPSA) is 97.4 Å². The van der Waals surface area contributed by atoms with E-state index in [1.54, 1.807) is 44.6 Å². The SMILES string of the molecule is COc1cc(Nc2ncc(F)c(Nc3ccc4c(c3)NC(=O)CS4)n2)cc(OC)c1. The van der Waals surface area contributed by atoms with Gasteiger partial charge in [0.25, 0.3) is 0 Å². The van der Waals surface area contributed by atoms with Crippen LogP contribution in [0.2, 0.25) is 0 Å². The average Bonchev–Trinajstić information content (AvgIpc) is 2.75. The largest absolute Gasteiger partial charge is 0.497 e. The number of hydrogen-bond donors (Lipinski definition) is 3. The van der Waals surface area contributed by atoms with Crippen molar-refractivity contribution in [3.63, 3.8) is 0 Å². The molecule has 2 aromatic carbocycles. The van der Waals surface area contributed by atoms with Crippen molar-refractivity contribution >= 4 is 46.5 Å². The van der Waals surface area contributed by atoms with Gasteiger partial charge in [0.2, 0.25) is 11.9 Å². The van der Waals surface area contributed by atoms with Crippen molar-refractivity contribution in [1.29, 1.82) is 0 Å². The Morgan fingerprint density at radius 2 is 1.83 bits per heavy atom. The third-order valence-electron chi connectivity index (χ3n) is 4.23. The third-order valence-corrected chi connectivity index (χ3v) is 5.30. The number of thioether (sulfide) groups is 1. The van der Waals surface area contributed by atoms with Gasteiger partial charge in [-0.05, 0) is 18.2 Å². The van der Waals surface area contributed by atoms with E-state index in [1.165, 1.54) is 11.8 Å². The monoisotopic (exact) mass is 427 g/mol. The molecule has 0 unspecified atom stereocenters. The number of ether oxygens (including phenoxy) is 2. The lowest BCUT2D eigenvalue weighted by molar-refractivity contribution is -0.113. The Balaban J connectivity index is 1.57. The molecule has 0 bridgehead atoms. The van der Waals surface area contributed by atoms with Crippen molar-refractivity contribution in [2.75, 3.05) is 35.9 Å². The molecule has 2 heterocycles. The van der Waals surface area contributed by atoms with Crippen LogP contribution in [0.5, 0.6) is 11.5 Å². The molecule has 4 rings (SSSR count). The van der Waals surface area contributed by atoms with Gasteiger partial charge >= 0.3 is 0 Å². The number of anilines is 5. The van der Waals surface area contributed by atoms with E-state index in [9.17, 15) is 9.18 Å². The zero-order valence-corrected chi connectivity index (χ0v) is 17.0. The summed E-state index contributed by atoms with van der Waals surface area (Å²) in [5.74, 6) is 1.06. The molecule has 0 saturated carbocycles. The second kappa shape index (κ2) is 8.46. The second-order valence-electron chi connectivity index (χ2n) is 6.29. The van der Waals surface area contributed by atoms with Gasteiger partial charge in [0, 0.05) is 34.5 Å². The lowest BCUT2D eigenvalue weighted by atomic mass is 10.2. The number of benzene rings is 2. The summed E-state index contributed by atoms with van der Waals surface area (Å²) in [7, 11) is 3.10. The molecule has 1 aromatic heterocycles. The number of amides is 1. The number of fused-ring (bicyclic) bond motifs is 1. The maximum atomic E-state index is 14.3. The van der Waals surface area contributed by atoms with Crippen molar-refractivity contribution < 1.29 is 18.7 Å². The van der Waals surface area contributed by atoms with Crippen LogP contribution in [0, 0.1) is 5.82 Å². The minimum absolute atomic E-state index is 0.00269. The number of halogens is 1. The highest BCUT2D eigenvalue weighted by atomic mass is 32.2. The van der Waals surface area contributed by atoms with Crippen LogP contribution < -0.4 is 25.4 Å².